The van der Waals surface area contributed by atoms with Gasteiger partial charge in [0.2, 0.25) is 10.0 Å². The zero-order valence-electron chi connectivity index (χ0n) is 15.3. The number of anilines is 1. The molecule has 0 radical (unpaired) electrons. The number of fused-ring (bicyclic) bond motifs is 1. The molecule has 0 spiro atoms. The second-order valence-corrected chi connectivity index (χ2v) is 9.01. The summed E-state index contributed by atoms with van der Waals surface area (Å²) in [5, 5.41) is 12.9. The number of halogens is 1. The predicted molar refractivity (Wildman–Crippen MR) is 108 cm³/mol. The lowest BCUT2D eigenvalue weighted by Crippen LogP contribution is -2.30. The third-order valence-corrected chi connectivity index (χ3v) is 7.44. The zero-order valence-corrected chi connectivity index (χ0v) is 16.9. The summed E-state index contributed by atoms with van der Waals surface area (Å²) >= 11 is 1.11. The average Bonchev–Trinajstić information content (AvgIpc) is 3.10. The van der Waals surface area contributed by atoms with E-state index in [0.717, 1.165) is 11.3 Å². The molecule has 28 heavy (non-hydrogen) atoms. The van der Waals surface area contributed by atoms with E-state index in [4.69, 9.17) is 0 Å². The van der Waals surface area contributed by atoms with Gasteiger partial charge in [0.15, 0.2) is 0 Å². The number of sulfonamides is 1. The highest BCUT2D eigenvalue weighted by Crippen LogP contribution is 2.31. The lowest BCUT2D eigenvalue weighted by molar-refractivity contribution is 0.103. The molecule has 0 fully saturated rings. The molecule has 0 aliphatic rings. The first kappa shape index (κ1) is 20.2. The largest absolute Gasteiger partial charge is 0.506 e. The first-order valence-corrected chi connectivity index (χ1v) is 10.9. The maximum absolute atomic E-state index is 13.8. The van der Waals surface area contributed by atoms with Crippen molar-refractivity contribution in [2.75, 3.05) is 18.4 Å². The molecule has 1 aromatic heterocycles. The Morgan fingerprint density at radius 2 is 1.89 bits per heavy atom. The molecule has 3 aromatic rings. The van der Waals surface area contributed by atoms with Crippen molar-refractivity contribution in [3.05, 3.63) is 53.2 Å². The molecule has 0 aliphatic carbocycles. The molecule has 9 heteroatoms. The number of benzene rings is 2. The Hall–Kier alpha value is -2.49. The number of rotatable bonds is 6. The normalized spacial score (nSPS) is 11.9. The number of amides is 1. The Labute approximate surface area is 166 Å². The van der Waals surface area contributed by atoms with Crippen LogP contribution in [0.25, 0.3) is 10.1 Å². The molecule has 0 aliphatic heterocycles. The summed E-state index contributed by atoms with van der Waals surface area (Å²) in [6.45, 7) is 4.05. The average molecular weight is 423 g/mol. The molecular formula is C19H19FN2O4S2. The van der Waals surface area contributed by atoms with Crippen LogP contribution >= 0.6 is 11.3 Å². The van der Waals surface area contributed by atoms with Crippen molar-refractivity contribution in [2.24, 2.45) is 0 Å². The quantitative estimate of drug-likeness (QED) is 0.587. The van der Waals surface area contributed by atoms with Crippen molar-refractivity contribution in [3.8, 4) is 5.75 Å². The molecule has 0 saturated heterocycles. The summed E-state index contributed by atoms with van der Waals surface area (Å²) < 4.78 is 41.1. The molecule has 2 N–H and O–H groups in total. The minimum atomic E-state index is -3.74. The van der Waals surface area contributed by atoms with Gasteiger partial charge in [0.25, 0.3) is 5.91 Å². The fourth-order valence-electron chi connectivity index (χ4n) is 2.81. The highest BCUT2D eigenvalue weighted by molar-refractivity contribution is 7.89. The minimum absolute atomic E-state index is 0.0313. The van der Waals surface area contributed by atoms with Gasteiger partial charge in [-0.25, -0.2) is 12.8 Å². The van der Waals surface area contributed by atoms with Crippen molar-refractivity contribution in [3.63, 3.8) is 0 Å². The van der Waals surface area contributed by atoms with Crippen LogP contribution in [0.2, 0.25) is 0 Å². The van der Waals surface area contributed by atoms with Gasteiger partial charge in [0.05, 0.1) is 15.5 Å². The van der Waals surface area contributed by atoms with Crippen LogP contribution in [0.4, 0.5) is 10.1 Å². The Bertz CT molecular complexity index is 1140. The molecular weight excluding hydrogens is 403 g/mol. The number of carbonyl (C=O) groups is 1. The zero-order chi connectivity index (χ0) is 20.5. The van der Waals surface area contributed by atoms with Gasteiger partial charge in [0.1, 0.15) is 11.6 Å². The van der Waals surface area contributed by atoms with E-state index >= 15 is 0 Å². The molecule has 1 heterocycles. The van der Waals surface area contributed by atoms with Crippen molar-refractivity contribution >= 4 is 43.0 Å². The van der Waals surface area contributed by atoms with E-state index in [0.29, 0.717) is 23.2 Å². The van der Waals surface area contributed by atoms with E-state index in [2.05, 4.69) is 5.32 Å². The minimum Gasteiger partial charge on any atom is -0.506 e. The molecule has 0 saturated carbocycles. The van der Waals surface area contributed by atoms with E-state index in [-0.39, 0.29) is 21.2 Å². The highest BCUT2D eigenvalue weighted by atomic mass is 32.2. The third-order valence-electron chi connectivity index (χ3n) is 4.29. The van der Waals surface area contributed by atoms with Crippen LogP contribution in [0.1, 0.15) is 23.5 Å². The number of phenolic OH excluding ortho intramolecular Hbond substituents is 1. The first-order valence-electron chi connectivity index (χ1n) is 8.60. The number of hydrogen-bond acceptors (Lipinski definition) is 5. The van der Waals surface area contributed by atoms with Gasteiger partial charge < -0.3 is 10.4 Å². The summed E-state index contributed by atoms with van der Waals surface area (Å²) in [6.07, 6.45) is 0. The van der Waals surface area contributed by atoms with Crippen molar-refractivity contribution < 1.29 is 22.7 Å². The molecule has 2 aromatic carbocycles. The third kappa shape index (κ3) is 3.73. The predicted octanol–water partition coefficient (Wildman–Crippen LogP) is 4.03. The van der Waals surface area contributed by atoms with Gasteiger partial charge in [0, 0.05) is 23.2 Å². The van der Waals surface area contributed by atoms with Gasteiger partial charge in [-0.15, -0.1) is 11.3 Å². The van der Waals surface area contributed by atoms with Crippen LogP contribution in [0.15, 0.2) is 47.4 Å². The number of nitrogens with zero attached hydrogens (tertiary/aromatic N) is 1. The van der Waals surface area contributed by atoms with Crippen molar-refractivity contribution in [2.45, 2.75) is 18.7 Å². The lowest BCUT2D eigenvalue weighted by atomic mass is 10.2. The second-order valence-electron chi connectivity index (χ2n) is 5.98. The topological polar surface area (TPSA) is 86.7 Å². The van der Waals surface area contributed by atoms with Crippen LogP contribution in [0.3, 0.4) is 0 Å². The monoisotopic (exact) mass is 422 g/mol. The lowest BCUT2D eigenvalue weighted by Gasteiger charge is -2.19. The molecule has 3 rings (SSSR count). The van der Waals surface area contributed by atoms with Crippen LogP contribution in [0, 0.1) is 5.82 Å². The molecule has 0 atom stereocenters. The maximum Gasteiger partial charge on any atom is 0.265 e. The van der Waals surface area contributed by atoms with Crippen LogP contribution in [0.5, 0.6) is 5.75 Å². The Morgan fingerprint density at radius 3 is 2.54 bits per heavy atom. The van der Waals surface area contributed by atoms with E-state index < -0.39 is 21.7 Å². The number of carbonyl (C=O) groups excluding carboxylic acids is 1. The summed E-state index contributed by atoms with van der Waals surface area (Å²) in [6, 6.07) is 9.72. The molecule has 0 bridgehead atoms. The van der Waals surface area contributed by atoms with Crippen LogP contribution in [-0.4, -0.2) is 36.8 Å². The number of hydrogen-bond donors (Lipinski definition) is 2. The number of thiophene rings is 1. The Kier molecular flexibility index (Phi) is 5.69. The second kappa shape index (κ2) is 7.86. The van der Waals surface area contributed by atoms with Gasteiger partial charge in [-0.05, 0) is 36.4 Å². The van der Waals surface area contributed by atoms with Crippen LogP contribution < -0.4 is 5.32 Å². The Balaban J connectivity index is 1.93. The molecule has 6 nitrogen and oxygen atoms in total. The highest BCUT2D eigenvalue weighted by Gasteiger charge is 2.23. The van der Waals surface area contributed by atoms with Crippen LogP contribution in [-0.2, 0) is 10.0 Å². The van der Waals surface area contributed by atoms with Crippen molar-refractivity contribution in [1.82, 2.24) is 4.31 Å². The summed E-state index contributed by atoms with van der Waals surface area (Å²) in [7, 11) is -3.74. The number of phenols is 1. The Morgan fingerprint density at radius 1 is 1.18 bits per heavy atom. The summed E-state index contributed by atoms with van der Waals surface area (Å²) in [5.74, 6) is -1.25. The van der Waals surface area contributed by atoms with E-state index in [9.17, 15) is 22.7 Å². The first-order chi connectivity index (χ1) is 13.3. The standard InChI is InChI=1S/C19H19FN2O4S2/c1-3-22(4-2)28(25,26)12-8-9-16(23)15(10-12)21-19(24)18-11-13-14(20)6-5-7-17(13)27-18/h5-11,23H,3-4H2,1-2H3,(H,21,24). The summed E-state index contributed by atoms with van der Waals surface area (Å²) in [5.41, 5.74) is -0.0313. The smallest absolute Gasteiger partial charge is 0.265 e. The van der Waals surface area contributed by atoms with Gasteiger partial charge in [-0.2, -0.15) is 4.31 Å². The van der Waals surface area contributed by atoms with Crippen molar-refractivity contribution in [1.29, 1.82) is 0 Å². The fraction of sp³-hybridized carbons (Fsp3) is 0.211. The molecule has 148 valence electrons. The summed E-state index contributed by atoms with van der Waals surface area (Å²) in [4.78, 5) is 12.8. The van der Waals surface area contributed by atoms with E-state index in [1.54, 1.807) is 26.0 Å². The molecule has 1 amide bonds. The van der Waals surface area contributed by atoms with Gasteiger partial charge in [-0.1, -0.05) is 19.9 Å². The fourth-order valence-corrected chi connectivity index (χ4v) is 5.26. The van der Waals surface area contributed by atoms with Gasteiger partial charge in [-0.3, -0.25) is 4.79 Å². The number of nitrogens with one attached hydrogen (secondary N) is 1. The SMILES string of the molecule is CCN(CC)S(=O)(=O)c1ccc(O)c(NC(=O)c2cc3c(F)cccc3s2)c1. The molecule has 0 unspecified atom stereocenters. The van der Waals surface area contributed by atoms with E-state index in [1.807, 2.05) is 0 Å². The van der Waals surface area contributed by atoms with Gasteiger partial charge >= 0.3 is 0 Å². The maximum atomic E-state index is 13.8. The number of aromatic hydroxyl groups is 1. The van der Waals surface area contributed by atoms with E-state index in [1.165, 1.54) is 34.6 Å².